The summed E-state index contributed by atoms with van der Waals surface area (Å²) in [5, 5.41) is 4.04. The van der Waals surface area contributed by atoms with E-state index in [2.05, 4.69) is 35.3 Å². The van der Waals surface area contributed by atoms with Crippen molar-refractivity contribution in [2.24, 2.45) is 0 Å². The Morgan fingerprint density at radius 3 is 2.42 bits per heavy atom. The van der Waals surface area contributed by atoms with Gasteiger partial charge < -0.3 is 14.6 Å². The van der Waals surface area contributed by atoms with Crippen LogP contribution in [0.1, 0.15) is 16.9 Å². The van der Waals surface area contributed by atoms with Crippen LogP contribution < -0.4 is 5.32 Å². The fraction of sp³-hybridized carbons (Fsp3) is 0.150. The van der Waals surface area contributed by atoms with E-state index in [0.29, 0.717) is 11.7 Å². The van der Waals surface area contributed by atoms with E-state index in [1.54, 1.807) is 6.26 Å². The maximum absolute atomic E-state index is 5.66. The van der Waals surface area contributed by atoms with Crippen molar-refractivity contribution in [1.29, 1.82) is 0 Å². The second kappa shape index (κ2) is 7.79. The van der Waals surface area contributed by atoms with Gasteiger partial charge in [0, 0.05) is 12.2 Å². The third-order valence-electron chi connectivity index (χ3n) is 3.82. The van der Waals surface area contributed by atoms with Crippen LogP contribution in [-0.4, -0.2) is 10.0 Å². The van der Waals surface area contributed by atoms with Crippen LogP contribution in [0.4, 0.5) is 5.69 Å². The monoisotopic (exact) mass is 336 g/mol. The van der Waals surface area contributed by atoms with Crippen LogP contribution in [0.5, 0.6) is 0 Å². The number of furan rings is 1. The molecule has 0 bridgehead atoms. The molecule has 0 spiro atoms. The number of para-hydroxylation sites is 1. The number of nitrogens with one attached hydrogen (secondary N) is 1. The van der Waals surface area contributed by atoms with Crippen LogP contribution >= 0.6 is 12.2 Å². The van der Waals surface area contributed by atoms with Crippen molar-refractivity contribution >= 4 is 23.0 Å². The zero-order chi connectivity index (χ0) is 16.8. The Morgan fingerprint density at radius 2 is 1.71 bits per heavy atom. The summed E-state index contributed by atoms with van der Waals surface area (Å²) in [5.74, 6) is 0.889. The number of hydrogen-bond donors (Lipinski definition) is 1. The summed E-state index contributed by atoms with van der Waals surface area (Å²) in [6, 6.07) is 22.3. The Morgan fingerprint density at radius 1 is 0.958 bits per heavy atom. The second-order valence-electron chi connectivity index (χ2n) is 5.67. The maximum Gasteiger partial charge on any atom is 0.174 e. The Balaban J connectivity index is 1.77. The lowest BCUT2D eigenvalue weighted by Crippen LogP contribution is -2.33. The molecule has 1 heterocycles. The quantitative estimate of drug-likeness (QED) is 0.665. The highest BCUT2D eigenvalue weighted by Gasteiger charge is 2.13. The molecule has 122 valence electrons. The summed E-state index contributed by atoms with van der Waals surface area (Å²) in [7, 11) is 0. The lowest BCUT2D eigenvalue weighted by atomic mass is 10.2. The van der Waals surface area contributed by atoms with Crippen LogP contribution in [0.3, 0.4) is 0 Å². The number of benzene rings is 2. The van der Waals surface area contributed by atoms with E-state index in [-0.39, 0.29) is 0 Å². The van der Waals surface area contributed by atoms with E-state index in [9.17, 15) is 0 Å². The first-order chi connectivity index (χ1) is 11.7. The highest BCUT2D eigenvalue weighted by Crippen LogP contribution is 2.17. The van der Waals surface area contributed by atoms with Crippen molar-refractivity contribution in [2.75, 3.05) is 5.32 Å². The summed E-state index contributed by atoms with van der Waals surface area (Å²) in [4.78, 5) is 2.11. The molecule has 0 saturated heterocycles. The van der Waals surface area contributed by atoms with Crippen LogP contribution in [0.25, 0.3) is 0 Å². The first kappa shape index (κ1) is 16.3. The van der Waals surface area contributed by atoms with Crippen LogP contribution in [0.2, 0.25) is 0 Å². The molecule has 0 unspecified atom stereocenters. The first-order valence-electron chi connectivity index (χ1n) is 7.90. The molecule has 3 nitrogen and oxygen atoms in total. The Hall–Kier alpha value is -2.59. The van der Waals surface area contributed by atoms with Crippen molar-refractivity contribution < 1.29 is 4.42 Å². The highest BCUT2D eigenvalue weighted by molar-refractivity contribution is 7.80. The number of rotatable bonds is 5. The van der Waals surface area contributed by atoms with Crippen LogP contribution in [0, 0.1) is 6.92 Å². The lowest BCUT2D eigenvalue weighted by molar-refractivity contribution is 0.360. The predicted molar refractivity (Wildman–Crippen MR) is 102 cm³/mol. The fourth-order valence-corrected chi connectivity index (χ4v) is 2.74. The molecule has 24 heavy (non-hydrogen) atoms. The number of nitrogens with zero attached hydrogens (tertiary/aromatic N) is 1. The van der Waals surface area contributed by atoms with Gasteiger partial charge in [-0.3, -0.25) is 0 Å². The van der Waals surface area contributed by atoms with E-state index < -0.39 is 0 Å². The molecule has 3 aromatic rings. The van der Waals surface area contributed by atoms with E-state index in [4.69, 9.17) is 16.6 Å². The van der Waals surface area contributed by atoms with Crippen molar-refractivity contribution in [3.8, 4) is 0 Å². The van der Waals surface area contributed by atoms with Crippen molar-refractivity contribution in [1.82, 2.24) is 4.90 Å². The summed E-state index contributed by atoms with van der Waals surface area (Å²) >= 11 is 5.66. The van der Waals surface area contributed by atoms with Gasteiger partial charge in [-0.15, -0.1) is 0 Å². The molecule has 0 saturated carbocycles. The van der Waals surface area contributed by atoms with Gasteiger partial charge in [0.25, 0.3) is 0 Å². The summed E-state index contributed by atoms with van der Waals surface area (Å²) in [5.41, 5.74) is 3.40. The lowest BCUT2D eigenvalue weighted by Gasteiger charge is -2.25. The van der Waals surface area contributed by atoms with Crippen molar-refractivity contribution in [2.45, 2.75) is 20.0 Å². The second-order valence-corrected chi connectivity index (χ2v) is 6.05. The zero-order valence-electron chi connectivity index (χ0n) is 13.6. The maximum atomic E-state index is 5.66. The Bertz CT molecular complexity index is 784. The van der Waals surface area contributed by atoms with Crippen molar-refractivity contribution in [3.05, 3.63) is 89.9 Å². The van der Waals surface area contributed by atoms with Gasteiger partial charge in [-0.2, -0.15) is 0 Å². The molecular formula is C20H20N2OS. The molecule has 0 aliphatic carbocycles. The minimum atomic E-state index is 0.625. The molecular weight excluding hydrogens is 316 g/mol. The normalized spacial score (nSPS) is 10.4. The van der Waals surface area contributed by atoms with Crippen LogP contribution in [0.15, 0.2) is 77.4 Å². The SMILES string of the molecule is Cc1ccccc1NC(=S)N(Cc1ccccc1)Cc1ccco1. The standard InChI is InChI=1S/C20H20N2OS/c1-16-8-5-6-12-19(16)21-20(24)22(15-18-11-7-13-23-18)14-17-9-3-2-4-10-17/h2-13H,14-15H2,1H3,(H,21,24). The molecule has 0 amide bonds. The largest absolute Gasteiger partial charge is 0.467 e. The third kappa shape index (κ3) is 4.24. The number of aryl methyl sites for hydroxylation is 1. The average Bonchev–Trinajstić information content (AvgIpc) is 3.10. The molecule has 1 N–H and O–H groups in total. The highest BCUT2D eigenvalue weighted by atomic mass is 32.1. The van der Waals surface area contributed by atoms with E-state index >= 15 is 0 Å². The zero-order valence-corrected chi connectivity index (χ0v) is 14.4. The van der Waals surface area contributed by atoms with Gasteiger partial charge in [-0.05, 0) is 48.5 Å². The topological polar surface area (TPSA) is 28.4 Å². The molecule has 0 aliphatic rings. The summed E-state index contributed by atoms with van der Waals surface area (Å²) < 4.78 is 5.50. The average molecular weight is 336 g/mol. The van der Waals surface area contributed by atoms with Gasteiger partial charge in [0.15, 0.2) is 5.11 Å². The van der Waals surface area contributed by atoms with E-state index in [1.165, 1.54) is 5.56 Å². The minimum Gasteiger partial charge on any atom is -0.467 e. The summed E-state index contributed by atoms with van der Waals surface area (Å²) in [6.07, 6.45) is 1.69. The van der Waals surface area contributed by atoms with Crippen molar-refractivity contribution in [3.63, 3.8) is 0 Å². The first-order valence-corrected chi connectivity index (χ1v) is 8.31. The van der Waals surface area contributed by atoms with Gasteiger partial charge in [-0.25, -0.2) is 0 Å². The number of thiocarbonyl (C=S) groups is 1. The van der Waals surface area contributed by atoms with E-state index in [0.717, 1.165) is 23.6 Å². The predicted octanol–water partition coefficient (Wildman–Crippen LogP) is 4.99. The molecule has 2 aromatic carbocycles. The minimum absolute atomic E-state index is 0.625. The Labute approximate surface area is 147 Å². The van der Waals surface area contributed by atoms with Gasteiger partial charge in [0.2, 0.25) is 0 Å². The third-order valence-corrected chi connectivity index (χ3v) is 4.18. The molecule has 0 aliphatic heterocycles. The fourth-order valence-electron chi connectivity index (χ4n) is 2.50. The van der Waals surface area contributed by atoms with Crippen LogP contribution in [-0.2, 0) is 13.1 Å². The van der Waals surface area contributed by atoms with Gasteiger partial charge in [-0.1, -0.05) is 48.5 Å². The summed E-state index contributed by atoms with van der Waals surface area (Å²) in [6.45, 7) is 3.41. The van der Waals surface area contributed by atoms with E-state index in [1.807, 2.05) is 48.5 Å². The number of anilines is 1. The molecule has 1 aromatic heterocycles. The van der Waals surface area contributed by atoms with Gasteiger partial charge in [0.05, 0.1) is 12.8 Å². The molecule has 0 radical (unpaired) electrons. The molecule has 0 fully saturated rings. The smallest absolute Gasteiger partial charge is 0.174 e. The van der Waals surface area contributed by atoms with Gasteiger partial charge in [0.1, 0.15) is 5.76 Å². The number of hydrogen-bond acceptors (Lipinski definition) is 2. The Kier molecular flexibility index (Phi) is 5.29. The van der Waals surface area contributed by atoms with Gasteiger partial charge >= 0.3 is 0 Å². The molecule has 0 atom stereocenters. The molecule has 4 heteroatoms. The molecule has 3 rings (SSSR count).